The number of benzene rings is 2. The van der Waals surface area contributed by atoms with E-state index in [4.69, 9.17) is 5.73 Å². The van der Waals surface area contributed by atoms with Crippen LogP contribution < -0.4 is 10.6 Å². The second-order valence-corrected chi connectivity index (χ2v) is 8.52. The van der Waals surface area contributed by atoms with Crippen molar-refractivity contribution in [1.29, 1.82) is 0 Å². The van der Waals surface area contributed by atoms with Crippen molar-refractivity contribution in [3.8, 4) is 0 Å². The lowest BCUT2D eigenvalue weighted by atomic mass is 9.93. The Balaban J connectivity index is 1.84. The van der Waals surface area contributed by atoms with Crippen molar-refractivity contribution in [2.24, 2.45) is 11.7 Å². The molecule has 0 atom stereocenters. The van der Waals surface area contributed by atoms with E-state index in [2.05, 4.69) is 28.9 Å². The van der Waals surface area contributed by atoms with Crippen LogP contribution in [-0.4, -0.2) is 29.8 Å². The fourth-order valence-corrected chi connectivity index (χ4v) is 4.38. The molecule has 1 saturated heterocycles. The minimum atomic E-state index is -0.237. The van der Waals surface area contributed by atoms with Crippen LogP contribution in [0.1, 0.15) is 52.4 Å². The lowest BCUT2D eigenvalue weighted by molar-refractivity contribution is -0.122. The fourth-order valence-electron chi connectivity index (χ4n) is 4.38. The molecule has 1 aliphatic rings. The molecule has 4 rings (SSSR count). The summed E-state index contributed by atoms with van der Waals surface area (Å²) in [6.45, 7) is 7.57. The average molecular weight is 416 g/mol. The van der Waals surface area contributed by atoms with Gasteiger partial charge in [-0.2, -0.15) is 0 Å². The third-order valence-electron chi connectivity index (χ3n) is 6.54. The number of piperidine rings is 1. The van der Waals surface area contributed by atoms with Gasteiger partial charge in [0.1, 0.15) is 0 Å². The standard InChI is InChI=1S/C26H29N3O2/c1-4-18-6-8-23-21(14-18)24(29-11-9-19(10-12-29)26(27)31)22(15-28-23)25(30)20-7-5-16(2)17(3)13-20/h5-8,13-15,19H,4,9-12H2,1-3H3,(H2,27,31). The largest absolute Gasteiger partial charge is 0.370 e. The van der Waals surface area contributed by atoms with Crippen molar-refractivity contribution < 1.29 is 9.59 Å². The van der Waals surface area contributed by atoms with Crippen LogP contribution in [0.15, 0.2) is 42.6 Å². The number of rotatable bonds is 5. The maximum atomic E-state index is 13.6. The van der Waals surface area contributed by atoms with Gasteiger partial charge in [-0.05, 0) is 68.0 Å². The first kappa shape index (κ1) is 21.0. The Morgan fingerprint density at radius 1 is 1.06 bits per heavy atom. The van der Waals surface area contributed by atoms with Gasteiger partial charge in [0, 0.05) is 36.2 Å². The molecule has 1 aliphatic heterocycles. The van der Waals surface area contributed by atoms with E-state index in [9.17, 15) is 9.59 Å². The van der Waals surface area contributed by atoms with Gasteiger partial charge in [-0.1, -0.05) is 25.1 Å². The van der Waals surface area contributed by atoms with E-state index in [1.54, 1.807) is 6.20 Å². The number of hydrogen-bond acceptors (Lipinski definition) is 4. The number of fused-ring (bicyclic) bond motifs is 1. The quantitative estimate of drug-likeness (QED) is 0.629. The molecule has 2 N–H and O–H groups in total. The van der Waals surface area contributed by atoms with E-state index in [1.165, 1.54) is 5.56 Å². The van der Waals surface area contributed by atoms with Gasteiger partial charge in [-0.25, -0.2) is 0 Å². The van der Waals surface area contributed by atoms with Crippen molar-refractivity contribution in [1.82, 2.24) is 4.98 Å². The van der Waals surface area contributed by atoms with E-state index < -0.39 is 0 Å². The van der Waals surface area contributed by atoms with Crippen LogP contribution in [0.2, 0.25) is 0 Å². The summed E-state index contributed by atoms with van der Waals surface area (Å²) >= 11 is 0. The predicted octanol–water partition coefficient (Wildman–Crippen LogP) is 4.35. The highest BCUT2D eigenvalue weighted by Crippen LogP contribution is 2.35. The molecule has 3 aromatic rings. The first-order valence-electron chi connectivity index (χ1n) is 11.0. The van der Waals surface area contributed by atoms with Gasteiger partial charge < -0.3 is 10.6 Å². The third-order valence-corrected chi connectivity index (χ3v) is 6.54. The number of anilines is 1. The molecule has 2 aromatic carbocycles. The highest BCUT2D eigenvalue weighted by Gasteiger charge is 2.28. The molecule has 0 aliphatic carbocycles. The summed E-state index contributed by atoms with van der Waals surface area (Å²) in [5, 5.41) is 0.992. The van der Waals surface area contributed by atoms with E-state index in [1.807, 2.05) is 38.1 Å². The number of nitrogens with two attached hydrogens (primary N) is 1. The summed E-state index contributed by atoms with van der Waals surface area (Å²) < 4.78 is 0. The normalized spacial score (nSPS) is 14.7. The van der Waals surface area contributed by atoms with Crippen LogP contribution in [0.4, 0.5) is 5.69 Å². The molecule has 1 fully saturated rings. The number of ketones is 1. The molecule has 2 heterocycles. The lowest BCUT2D eigenvalue weighted by Crippen LogP contribution is -2.39. The Morgan fingerprint density at radius 3 is 2.45 bits per heavy atom. The molecule has 0 spiro atoms. The predicted molar refractivity (Wildman–Crippen MR) is 125 cm³/mol. The Labute approximate surface area is 183 Å². The molecule has 5 heteroatoms. The van der Waals surface area contributed by atoms with Crippen molar-refractivity contribution in [2.45, 2.75) is 40.0 Å². The van der Waals surface area contributed by atoms with Gasteiger partial charge in [0.2, 0.25) is 5.91 Å². The Bertz CT molecular complexity index is 1160. The van der Waals surface area contributed by atoms with Crippen LogP contribution in [0.25, 0.3) is 10.9 Å². The maximum absolute atomic E-state index is 13.6. The minimum Gasteiger partial charge on any atom is -0.370 e. The van der Waals surface area contributed by atoms with Crippen LogP contribution in [0.5, 0.6) is 0 Å². The Kier molecular flexibility index (Phi) is 5.77. The second kappa shape index (κ2) is 8.50. The smallest absolute Gasteiger partial charge is 0.220 e. The highest BCUT2D eigenvalue weighted by atomic mass is 16.1. The molecule has 0 unspecified atom stereocenters. The zero-order valence-corrected chi connectivity index (χ0v) is 18.4. The number of aryl methyl sites for hydroxylation is 3. The zero-order valence-electron chi connectivity index (χ0n) is 18.4. The summed E-state index contributed by atoms with van der Waals surface area (Å²) in [6, 6.07) is 12.1. The Morgan fingerprint density at radius 2 is 1.81 bits per heavy atom. The Hall–Kier alpha value is -3.21. The molecule has 0 bridgehead atoms. The van der Waals surface area contributed by atoms with E-state index in [0.717, 1.165) is 34.1 Å². The zero-order chi connectivity index (χ0) is 22.1. The molecular weight excluding hydrogens is 386 g/mol. The number of hydrogen-bond donors (Lipinski definition) is 1. The third kappa shape index (κ3) is 4.05. The highest BCUT2D eigenvalue weighted by molar-refractivity contribution is 6.16. The summed E-state index contributed by atoms with van der Waals surface area (Å²) in [5.41, 5.74) is 12.1. The molecule has 5 nitrogen and oxygen atoms in total. The second-order valence-electron chi connectivity index (χ2n) is 8.52. The average Bonchev–Trinajstić information content (AvgIpc) is 2.79. The lowest BCUT2D eigenvalue weighted by Gasteiger charge is -2.34. The van der Waals surface area contributed by atoms with Gasteiger partial charge in [0.05, 0.1) is 16.8 Å². The number of nitrogens with zero attached hydrogens (tertiary/aromatic N) is 2. The monoisotopic (exact) mass is 415 g/mol. The molecular formula is C26H29N3O2. The van der Waals surface area contributed by atoms with Crippen molar-refractivity contribution in [2.75, 3.05) is 18.0 Å². The van der Waals surface area contributed by atoms with Crippen LogP contribution in [0, 0.1) is 19.8 Å². The molecule has 1 aromatic heterocycles. The number of carbonyl (C=O) groups excluding carboxylic acids is 2. The first-order chi connectivity index (χ1) is 14.9. The van der Waals surface area contributed by atoms with E-state index >= 15 is 0 Å². The summed E-state index contributed by atoms with van der Waals surface area (Å²) in [4.78, 5) is 32.1. The summed E-state index contributed by atoms with van der Waals surface area (Å²) in [5.74, 6) is -0.361. The maximum Gasteiger partial charge on any atom is 0.220 e. The number of aromatic nitrogens is 1. The van der Waals surface area contributed by atoms with Crippen LogP contribution in [-0.2, 0) is 11.2 Å². The van der Waals surface area contributed by atoms with Crippen molar-refractivity contribution in [3.05, 3.63) is 70.4 Å². The summed E-state index contributed by atoms with van der Waals surface area (Å²) in [7, 11) is 0. The van der Waals surface area contributed by atoms with Gasteiger partial charge in [-0.3, -0.25) is 14.6 Å². The van der Waals surface area contributed by atoms with Crippen molar-refractivity contribution in [3.63, 3.8) is 0 Å². The summed E-state index contributed by atoms with van der Waals surface area (Å²) in [6.07, 6.45) is 4.02. The topological polar surface area (TPSA) is 76.3 Å². The fraction of sp³-hybridized carbons (Fsp3) is 0.346. The number of amides is 1. The van der Waals surface area contributed by atoms with Gasteiger partial charge in [-0.15, -0.1) is 0 Å². The number of pyridine rings is 1. The van der Waals surface area contributed by atoms with Crippen LogP contribution >= 0.6 is 0 Å². The molecule has 0 radical (unpaired) electrons. The molecule has 31 heavy (non-hydrogen) atoms. The van der Waals surface area contributed by atoms with Gasteiger partial charge in [0.15, 0.2) is 5.78 Å². The van der Waals surface area contributed by atoms with Gasteiger partial charge in [0.25, 0.3) is 0 Å². The van der Waals surface area contributed by atoms with Crippen molar-refractivity contribution >= 4 is 28.3 Å². The molecule has 0 saturated carbocycles. The number of carbonyl (C=O) groups is 2. The number of primary amides is 1. The first-order valence-corrected chi connectivity index (χ1v) is 11.0. The van der Waals surface area contributed by atoms with Crippen LogP contribution in [0.3, 0.4) is 0 Å². The minimum absolute atomic E-state index is 0.0218. The van der Waals surface area contributed by atoms with Gasteiger partial charge >= 0.3 is 0 Å². The SMILES string of the molecule is CCc1ccc2ncc(C(=O)c3ccc(C)c(C)c3)c(N3CCC(C(N)=O)CC3)c2c1. The molecule has 160 valence electrons. The van der Waals surface area contributed by atoms with E-state index in [-0.39, 0.29) is 17.6 Å². The molecule has 1 amide bonds. The van der Waals surface area contributed by atoms with E-state index in [0.29, 0.717) is 37.1 Å².